The molecule has 0 radical (unpaired) electrons. The highest BCUT2D eigenvalue weighted by molar-refractivity contribution is 5.51. The minimum Gasteiger partial charge on any atom is -0.496 e. The Bertz CT molecular complexity index is 553. The number of aliphatic hydroxyl groups excluding tert-OH is 1. The van der Waals surface area contributed by atoms with Crippen LogP contribution < -0.4 is 9.47 Å². The molecule has 114 valence electrons. The number of nitrogens with zero attached hydrogens (tertiary/aromatic N) is 1. The van der Waals surface area contributed by atoms with Crippen LogP contribution in [0.1, 0.15) is 32.1 Å². The molecule has 2 unspecified atom stereocenters. The molecule has 21 heavy (non-hydrogen) atoms. The number of hydrogen-bond acceptors (Lipinski definition) is 5. The number of methoxy groups -OCH3 is 1. The summed E-state index contributed by atoms with van der Waals surface area (Å²) in [5.41, 5.74) is -0.294. The average Bonchev–Trinajstić information content (AvgIpc) is 2.99. The van der Waals surface area contributed by atoms with Crippen molar-refractivity contribution in [3.05, 3.63) is 28.3 Å². The highest BCUT2D eigenvalue weighted by atomic mass is 16.6. The smallest absolute Gasteiger partial charge is 0.314 e. The number of nitro benzene ring substituents is 1. The lowest BCUT2D eigenvalue weighted by atomic mass is 9.62. The van der Waals surface area contributed by atoms with Gasteiger partial charge in [0, 0.05) is 11.8 Å². The van der Waals surface area contributed by atoms with Crippen LogP contribution in [0.15, 0.2) is 18.2 Å². The van der Waals surface area contributed by atoms with Crippen molar-refractivity contribution in [1.29, 1.82) is 0 Å². The van der Waals surface area contributed by atoms with E-state index in [2.05, 4.69) is 0 Å². The molecule has 0 aromatic heterocycles. The Balaban J connectivity index is 1.83. The molecule has 2 aliphatic carbocycles. The number of ether oxygens (including phenoxy) is 2. The monoisotopic (exact) mass is 293 g/mol. The van der Waals surface area contributed by atoms with E-state index < -0.39 is 4.92 Å². The molecule has 2 atom stereocenters. The molecule has 3 rings (SSSR count). The SMILES string of the molecule is COc1ccc(OC2CC(O)C23CCCC3)c([N+](=O)[O-])c1. The minimum absolute atomic E-state index is 0.0936. The first-order chi connectivity index (χ1) is 10.1. The van der Waals surface area contributed by atoms with Crippen LogP contribution in [0.2, 0.25) is 0 Å². The van der Waals surface area contributed by atoms with Gasteiger partial charge in [0.15, 0.2) is 5.75 Å². The Morgan fingerprint density at radius 1 is 1.38 bits per heavy atom. The molecule has 0 heterocycles. The molecule has 1 spiro atoms. The summed E-state index contributed by atoms with van der Waals surface area (Å²) in [7, 11) is 1.47. The quantitative estimate of drug-likeness (QED) is 0.681. The normalized spacial score (nSPS) is 26.4. The lowest BCUT2D eigenvalue weighted by Gasteiger charge is -2.50. The van der Waals surface area contributed by atoms with E-state index in [0.717, 1.165) is 25.7 Å². The molecule has 1 aromatic rings. The Morgan fingerprint density at radius 3 is 2.67 bits per heavy atom. The van der Waals surface area contributed by atoms with Crippen molar-refractivity contribution >= 4 is 5.69 Å². The summed E-state index contributed by atoms with van der Waals surface area (Å²) < 4.78 is 10.9. The third-order valence-corrected chi connectivity index (χ3v) is 4.91. The molecule has 0 saturated heterocycles. The lowest BCUT2D eigenvalue weighted by molar-refractivity contribution is -0.386. The molecular weight excluding hydrogens is 274 g/mol. The summed E-state index contributed by atoms with van der Waals surface area (Å²) in [4.78, 5) is 10.7. The van der Waals surface area contributed by atoms with E-state index >= 15 is 0 Å². The van der Waals surface area contributed by atoms with Gasteiger partial charge < -0.3 is 14.6 Å². The van der Waals surface area contributed by atoms with Gasteiger partial charge in [-0.2, -0.15) is 0 Å². The predicted molar refractivity (Wildman–Crippen MR) is 75.6 cm³/mol. The molecule has 6 nitrogen and oxygen atoms in total. The van der Waals surface area contributed by atoms with Crippen LogP contribution in [0.25, 0.3) is 0 Å². The first kappa shape index (κ1) is 14.1. The zero-order valence-corrected chi connectivity index (χ0v) is 11.9. The summed E-state index contributed by atoms with van der Waals surface area (Å²) in [6.07, 6.45) is 4.10. The summed E-state index contributed by atoms with van der Waals surface area (Å²) in [5, 5.41) is 21.2. The van der Waals surface area contributed by atoms with Gasteiger partial charge in [-0.15, -0.1) is 0 Å². The first-order valence-corrected chi connectivity index (χ1v) is 7.24. The number of aliphatic hydroxyl groups is 1. The third-order valence-electron chi connectivity index (χ3n) is 4.91. The van der Waals surface area contributed by atoms with Gasteiger partial charge >= 0.3 is 5.69 Å². The Hall–Kier alpha value is -1.82. The third kappa shape index (κ3) is 2.23. The Labute approximate surface area is 122 Å². The molecule has 2 aliphatic rings. The molecule has 0 bridgehead atoms. The van der Waals surface area contributed by atoms with Crippen molar-refractivity contribution < 1.29 is 19.5 Å². The van der Waals surface area contributed by atoms with Crippen LogP contribution in [0.5, 0.6) is 11.5 Å². The second kappa shape index (κ2) is 5.18. The predicted octanol–water partition coefficient (Wildman–Crippen LogP) is 2.68. The van der Waals surface area contributed by atoms with Gasteiger partial charge in [-0.3, -0.25) is 10.1 Å². The maximum Gasteiger partial charge on any atom is 0.314 e. The zero-order chi connectivity index (χ0) is 15.0. The standard InChI is InChI=1S/C15H19NO5/c1-20-10-4-5-12(11(8-10)16(18)19)21-14-9-13(17)15(14)6-2-3-7-15/h4-5,8,13-14,17H,2-3,6-7,9H2,1H3. The van der Waals surface area contributed by atoms with Crippen LogP contribution in [0.3, 0.4) is 0 Å². The minimum atomic E-state index is -0.464. The van der Waals surface area contributed by atoms with Crippen molar-refractivity contribution in [3.8, 4) is 11.5 Å². The van der Waals surface area contributed by atoms with Gasteiger partial charge in [0.2, 0.25) is 0 Å². The summed E-state index contributed by atoms with van der Waals surface area (Å²) in [6, 6.07) is 4.59. The zero-order valence-electron chi connectivity index (χ0n) is 11.9. The van der Waals surface area contributed by atoms with E-state index in [0.29, 0.717) is 12.2 Å². The first-order valence-electron chi connectivity index (χ1n) is 7.24. The second-order valence-electron chi connectivity index (χ2n) is 5.89. The van der Waals surface area contributed by atoms with E-state index in [4.69, 9.17) is 9.47 Å². The highest BCUT2D eigenvalue weighted by Gasteiger charge is 2.57. The van der Waals surface area contributed by atoms with Gasteiger partial charge in [-0.25, -0.2) is 0 Å². The highest BCUT2D eigenvalue weighted by Crippen LogP contribution is 2.55. The molecule has 2 saturated carbocycles. The molecule has 2 fully saturated rings. The fraction of sp³-hybridized carbons (Fsp3) is 0.600. The van der Waals surface area contributed by atoms with Crippen molar-refractivity contribution in [2.24, 2.45) is 5.41 Å². The van der Waals surface area contributed by atoms with Gasteiger partial charge in [0.05, 0.1) is 24.2 Å². The van der Waals surface area contributed by atoms with Crippen molar-refractivity contribution in [2.75, 3.05) is 7.11 Å². The maximum atomic E-state index is 11.2. The Kier molecular flexibility index (Phi) is 3.49. The summed E-state index contributed by atoms with van der Waals surface area (Å²) in [6.45, 7) is 0. The summed E-state index contributed by atoms with van der Waals surface area (Å²) in [5.74, 6) is 0.683. The topological polar surface area (TPSA) is 81.8 Å². The van der Waals surface area contributed by atoms with E-state index in [-0.39, 0.29) is 29.1 Å². The van der Waals surface area contributed by atoms with Gasteiger partial charge in [-0.05, 0) is 25.0 Å². The fourth-order valence-corrected chi connectivity index (χ4v) is 3.60. The van der Waals surface area contributed by atoms with E-state index in [1.807, 2.05) is 0 Å². The van der Waals surface area contributed by atoms with Gasteiger partial charge in [0.25, 0.3) is 0 Å². The molecule has 0 amide bonds. The number of hydrogen-bond donors (Lipinski definition) is 1. The van der Waals surface area contributed by atoms with Crippen molar-refractivity contribution in [1.82, 2.24) is 0 Å². The van der Waals surface area contributed by atoms with Crippen LogP contribution in [-0.4, -0.2) is 29.3 Å². The molecular formula is C15H19NO5. The fourth-order valence-electron chi connectivity index (χ4n) is 3.60. The van der Waals surface area contributed by atoms with Crippen LogP contribution in [0, 0.1) is 15.5 Å². The van der Waals surface area contributed by atoms with Crippen LogP contribution in [-0.2, 0) is 0 Å². The van der Waals surface area contributed by atoms with Crippen molar-refractivity contribution in [2.45, 2.75) is 44.3 Å². The maximum absolute atomic E-state index is 11.2. The van der Waals surface area contributed by atoms with E-state index in [1.165, 1.54) is 13.2 Å². The molecule has 6 heteroatoms. The largest absolute Gasteiger partial charge is 0.496 e. The van der Waals surface area contributed by atoms with E-state index in [1.54, 1.807) is 12.1 Å². The summed E-state index contributed by atoms with van der Waals surface area (Å²) >= 11 is 0. The number of nitro groups is 1. The van der Waals surface area contributed by atoms with E-state index in [9.17, 15) is 15.2 Å². The van der Waals surface area contributed by atoms with Crippen molar-refractivity contribution in [3.63, 3.8) is 0 Å². The average molecular weight is 293 g/mol. The Morgan fingerprint density at radius 2 is 2.10 bits per heavy atom. The van der Waals surface area contributed by atoms with Gasteiger partial charge in [0.1, 0.15) is 11.9 Å². The molecule has 0 aliphatic heterocycles. The van der Waals surface area contributed by atoms with Gasteiger partial charge in [-0.1, -0.05) is 12.8 Å². The lowest BCUT2D eigenvalue weighted by Crippen LogP contribution is -2.58. The molecule has 1 N–H and O–H groups in total. The number of rotatable bonds is 4. The number of benzene rings is 1. The van der Waals surface area contributed by atoms with Crippen LogP contribution >= 0.6 is 0 Å². The second-order valence-corrected chi connectivity index (χ2v) is 5.89. The van der Waals surface area contributed by atoms with Crippen LogP contribution in [0.4, 0.5) is 5.69 Å². The molecule has 1 aromatic carbocycles.